The number of hydrogen-bond acceptors (Lipinski definition) is 6. The van der Waals surface area contributed by atoms with Gasteiger partial charge >= 0.3 is 0 Å². The molecule has 222 valence electrons. The van der Waals surface area contributed by atoms with Crippen LogP contribution in [0.3, 0.4) is 0 Å². The van der Waals surface area contributed by atoms with Crippen molar-refractivity contribution < 1.29 is 17.9 Å². The monoisotopic (exact) mass is 588 g/mol. The summed E-state index contributed by atoms with van der Waals surface area (Å²) in [7, 11) is -2.12. The molecule has 2 fully saturated rings. The average molecular weight is 589 g/mol. The van der Waals surface area contributed by atoms with E-state index in [2.05, 4.69) is 22.0 Å². The zero-order valence-corrected chi connectivity index (χ0v) is 25.6. The lowest BCUT2D eigenvalue weighted by atomic mass is 9.71. The molecule has 0 N–H and O–H groups in total. The molecule has 0 radical (unpaired) electrons. The van der Waals surface area contributed by atoms with Crippen molar-refractivity contribution in [3.05, 3.63) is 82.7 Å². The third kappa shape index (κ3) is 5.40. The number of methoxy groups -OCH3 is 1. The number of pyridine rings is 1. The van der Waals surface area contributed by atoms with Crippen LogP contribution < -0.4 is 9.64 Å². The van der Waals surface area contributed by atoms with Crippen molar-refractivity contribution in [1.82, 2.24) is 14.2 Å². The number of carbonyl (C=O) groups excluding carboxylic acids is 1. The quantitative estimate of drug-likeness (QED) is 0.418. The van der Waals surface area contributed by atoms with E-state index in [-0.39, 0.29) is 12.5 Å². The standard InChI is InChI=1S/C33H40N4O4S/c1-24-20-30(41-3)21-25(2)31(24)42(39,40)37-15-8-26-4-5-27(22-28(26)23-37)32(38)36-18-11-33(12-19-36)9-16-35(17-10-33)29-6-13-34-14-7-29/h4-7,13-14,20-22H,8-12,15-19,23H2,1-3H3. The van der Waals surface area contributed by atoms with Crippen molar-refractivity contribution in [3.63, 3.8) is 0 Å². The van der Waals surface area contributed by atoms with Gasteiger partial charge < -0.3 is 14.5 Å². The van der Waals surface area contributed by atoms with Gasteiger partial charge in [-0.25, -0.2) is 8.42 Å². The molecule has 2 saturated heterocycles. The Bertz CT molecular complexity index is 1550. The highest BCUT2D eigenvalue weighted by molar-refractivity contribution is 7.89. The van der Waals surface area contributed by atoms with Gasteiger partial charge in [-0.2, -0.15) is 4.31 Å². The number of sulfonamides is 1. The third-order valence-electron chi connectivity index (χ3n) is 9.66. The van der Waals surface area contributed by atoms with E-state index in [1.54, 1.807) is 23.5 Å². The minimum atomic E-state index is -3.71. The molecule has 3 aliphatic heterocycles. The van der Waals surface area contributed by atoms with Crippen LogP contribution >= 0.6 is 0 Å². The molecule has 1 amide bonds. The van der Waals surface area contributed by atoms with Crippen molar-refractivity contribution in [1.29, 1.82) is 0 Å². The molecule has 0 aliphatic carbocycles. The van der Waals surface area contributed by atoms with Gasteiger partial charge in [0.05, 0.1) is 12.0 Å². The molecule has 1 aromatic heterocycles. The predicted octanol–water partition coefficient (Wildman–Crippen LogP) is 4.98. The van der Waals surface area contributed by atoms with Gasteiger partial charge in [-0.3, -0.25) is 9.78 Å². The zero-order valence-electron chi connectivity index (χ0n) is 24.8. The molecule has 0 unspecified atom stereocenters. The molecule has 8 nitrogen and oxygen atoms in total. The van der Waals surface area contributed by atoms with E-state index in [0.29, 0.717) is 45.7 Å². The van der Waals surface area contributed by atoms with Gasteiger partial charge in [0.2, 0.25) is 10.0 Å². The van der Waals surface area contributed by atoms with E-state index in [9.17, 15) is 13.2 Å². The lowest BCUT2D eigenvalue weighted by Crippen LogP contribution is -2.48. The predicted molar refractivity (Wildman–Crippen MR) is 163 cm³/mol. The Kier molecular flexibility index (Phi) is 7.74. The minimum absolute atomic E-state index is 0.0451. The number of benzene rings is 2. The van der Waals surface area contributed by atoms with Crippen LogP contribution in [0.25, 0.3) is 0 Å². The zero-order chi connectivity index (χ0) is 29.5. The Morgan fingerprint density at radius 2 is 1.50 bits per heavy atom. The molecule has 0 saturated carbocycles. The van der Waals surface area contributed by atoms with Crippen LogP contribution in [0.5, 0.6) is 5.75 Å². The second-order valence-corrected chi connectivity index (χ2v) is 14.0. The van der Waals surface area contributed by atoms with Gasteiger partial charge in [-0.1, -0.05) is 6.07 Å². The molecule has 2 aromatic carbocycles. The van der Waals surface area contributed by atoms with Crippen LogP contribution in [0.2, 0.25) is 0 Å². The first kappa shape index (κ1) is 28.7. The van der Waals surface area contributed by atoms with Gasteiger partial charge in [0, 0.05) is 62.9 Å². The number of fused-ring (bicyclic) bond motifs is 1. The highest BCUT2D eigenvalue weighted by Crippen LogP contribution is 2.42. The maximum atomic E-state index is 13.8. The Morgan fingerprint density at radius 1 is 0.857 bits per heavy atom. The van der Waals surface area contributed by atoms with Crippen LogP contribution in [0, 0.1) is 19.3 Å². The van der Waals surface area contributed by atoms with Crippen LogP contribution in [0.4, 0.5) is 5.69 Å². The SMILES string of the molecule is COc1cc(C)c(S(=O)(=O)N2CCc3ccc(C(=O)N4CCC5(CC4)CCN(c4ccncc4)CC5)cc3C2)c(C)c1. The normalized spacial score (nSPS) is 19.0. The summed E-state index contributed by atoms with van der Waals surface area (Å²) in [4.78, 5) is 22.5. The largest absolute Gasteiger partial charge is 0.497 e. The first-order chi connectivity index (χ1) is 20.2. The second-order valence-electron chi connectivity index (χ2n) is 12.1. The lowest BCUT2D eigenvalue weighted by molar-refractivity contribution is 0.0515. The number of hydrogen-bond donors (Lipinski definition) is 0. The van der Waals surface area contributed by atoms with Crippen molar-refractivity contribution in [2.75, 3.05) is 44.7 Å². The summed E-state index contributed by atoms with van der Waals surface area (Å²) in [5.41, 5.74) is 5.56. The summed E-state index contributed by atoms with van der Waals surface area (Å²) in [5, 5.41) is 0. The topological polar surface area (TPSA) is 83.0 Å². The number of amides is 1. The molecule has 9 heteroatoms. The molecule has 0 bridgehead atoms. The lowest BCUT2D eigenvalue weighted by Gasteiger charge is -2.47. The fourth-order valence-corrected chi connectivity index (χ4v) is 8.93. The van der Waals surface area contributed by atoms with Crippen molar-refractivity contribution in [2.24, 2.45) is 5.41 Å². The molecular formula is C33H40N4O4S. The molecule has 0 atom stereocenters. The van der Waals surface area contributed by atoms with Gasteiger partial charge in [0.15, 0.2) is 0 Å². The van der Waals surface area contributed by atoms with Crippen molar-refractivity contribution >= 4 is 21.6 Å². The Balaban J connectivity index is 1.11. The number of likely N-dealkylation sites (tertiary alicyclic amines) is 1. The maximum Gasteiger partial charge on any atom is 0.253 e. The summed E-state index contributed by atoms with van der Waals surface area (Å²) in [6.45, 7) is 7.91. The number of rotatable bonds is 5. The highest BCUT2D eigenvalue weighted by atomic mass is 32.2. The number of ether oxygens (including phenoxy) is 1. The summed E-state index contributed by atoms with van der Waals surface area (Å²) in [6.07, 6.45) is 8.68. The van der Waals surface area contributed by atoms with Crippen molar-refractivity contribution in [3.8, 4) is 5.75 Å². The number of aryl methyl sites for hydroxylation is 2. The van der Waals surface area contributed by atoms with E-state index in [1.165, 1.54) is 5.69 Å². The van der Waals surface area contributed by atoms with E-state index in [4.69, 9.17) is 4.74 Å². The summed E-state index contributed by atoms with van der Waals surface area (Å²) >= 11 is 0. The van der Waals surface area contributed by atoms with Crippen LogP contribution in [0.1, 0.15) is 58.3 Å². The van der Waals surface area contributed by atoms with Crippen LogP contribution in [0.15, 0.2) is 59.8 Å². The summed E-state index contributed by atoms with van der Waals surface area (Å²) < 4.78 is 34.4. The van der Waals surface area contributed by atoms with E-state index in [0.717, 1.165) is 63.0 Å². The summed E-state index contributed by atoms with van der Waals surface area (Å²) in [6, 6.07) is 13.5. The second kappa shape index (κ2) is 11.3. The van der Waals surface area contributed by atoms with Gasteiger partial charge in [-0.05, 0) is 110 Å². The van der Waals surface area contributed by atoms with Gasteiger partial charge in [0.25, 0.3) is 5.91 Å². The number of nitrogens with zero attached hydrogens (tertiary/aromatic N) is 4. The van der Waals surface area contributed by atoms with Crippen molar-refractivity contribution in [2.45, 2.75) is 57.4 Å². The van der Waals surface area contributed by atoms with E-state index < -0.39 is 10.0 Å². The summed E-state index contributed by atoms with van der Waals surface area (Å²) in [5.74, 6) is 0.693. The molecule has 42 heavy (non-hydrogen) atoms. The average Bonchev–Trinajstić information content (AvgIpc) is 3.01. The first-order valence-electron chi connectivity index (χ1n) is 14.9. The Morgan fingerprint density at radius 3 is 2.14 bits per heavy atom. The number of piperidine rings is 2. The Labute approximate surface area is 249 Å². The molecule has 1 spiro atoms. The Hall–Kier alpha value is -3.43. The fourth-order valence-electron chi connectivity index (χ4n) is 7.09. The van der Waals surface area contributed by atoms with Crippen LogP contribution in [-0.4, -0.2) is 68.3 Å². The molecular weight excluding hydrogens is 548 g/mol. The molecule has 4 heterocycles. The first-order valence-corrected chi connectivity index (χ1v) is 16.3. The number of anilines is 1. The fraction of sp³-hybridized carbons (Fsp3) is 0.455. The molecule has 3 aliphatic rings. The smallest absolute Gasteiger partial charge is 0.253 e. The third-order valence-corrected chi connectivity index (χ3v) is 11.8. The van der Waals surface area contributed by atoms with E-state index in [1.807, 2.05) is 49.3 Å². The maximum absolute atomic E-state index is 13.8. The number of aromatic nitrogens is 1. The van der Waals surface area contributed by atoms with Gasteiger partial charge in [0.1, 0.15) is 5.75 Å². The highest BCUT2D eigenvalue weighted by Gasteiger charge is 2.39. The molecule has 3 aromatic rings. The minimum Gasteiger partial charge on any atom is -0.497 e. The van der Waals surface area contributed by atoms with E-state index >= 15 is 0 Å². The molecule has 6 rings (SSSR count). The van der Waals surface area contributed by atoms with Gasteiger partial charge in [-0.15, -0.1) is 0 Å². The van der Waals surface area contributed by atoms with Crippen LogP contribution in [-0.2, 0) is 23.0 Å². The number of carbonyl (C=O) groups is 1.